The van der Waals surface area contributed by atoms with Gasteiger partial charge in [0.2, 0.25) is 0 Å². The van der Waals surface area contributed by atoms with E-state index in [-0.39, 0.29) is 0 Å². The van der Waals surface area contributed by atoms with E-state index in [1.807, 2.05) is 60.9 Å². The van der Waals surface area contributed by atoms with Crippen LogP contribution in [0.4, 0.5) is 4.39 Å². The van der Waals surface area contributed by atoms with Crippen molar-refractivity contribution in [1.29, 1.82) is 0 Å². The molecular formula is C26H27FN2O. The van der Waals surface area contributed by atoms with E-state index in [4.69, 9.17) is 4.74 Å². The van der Waals surface area contributed by atoms with Gasteiger partial charge in [0.15, 0.2) is 5.82 Å². The number of benzene rings is 2. The van der Waals surface area contributed by atoms with Crippen molar-refractivity contribution >= 4 is 6.08 Å². The maximum absolute atomic E-state index is 12.8. The zero-order valence-electron chi connectivity index (χ0n) is 17.3. The quantitative estimate of drug-likeness (QED) is 0.273. The number of hydrogen-bond donors (Lipinski definition) is 0. The molecule has 0 N–H and O–H groups in total. The first-order valence-corrected chi connectivity index (χ1v) is 10.2. The van der Waals surface area contributed by atoms with Gasteiger partial charge in [0.05, 0.1) is 6.17 Å². The Morgan fingerprint density at radius 1 is 0.967 bits per heavy atom. The van der Waals surface area contributed by atoms with Crippen LogP contribution >= 0.6 is 0 Å². The van der Waals surface area contributed by atoms with Crippen LogP contribution in [0.1, 0.15) is 31.7 Å². The molecule has 4 heteroatoms. The van der Waals surface area contributed by atoms with Gasteiger partial charge in [-0.05, 0) is 49.4 Å². The average molecular weight is 403 g/mol. The number of rotatable bonds is 10. The first-order chi connectivity index (χ1) is 14.7. The normalized spacial score (nSPS) is 12.1. The van der Waals surface area contributed by atoms with E-state index in [0.29, 0.717) is 18.9 Å². The van der Waals surface area contributed by atoms with Crippen molar-refractivity contribution in [2.45, 2.75) is 32.4 Å². The molecule has 0 spiro atoms. The second-order valence-corrected chi connectivity index (χ2v) is 7.16. The van der Waals surface area contributed by atoms with Crippen molar-refractivity contribution in [1.82, 2.24) is 9.97 Å². The molecule has 2 aromatic carbocycles. The molecule has 1 atom stereocenters. The lowest BCUT2D eigenvalue weighted by Crippen LogP contribution is -1.92. The van der Waals surface area contributed by atoms with E-state index in [1.54, 1.807) is 13.0 Å². The Bertz CT molecular complexity index is 946. The van der Waals surface area contributed by atoms with Gasteiger partial charge in [0, 0.05) is 23.5 Å². The molecule has 0 radical (unpaired) electrons. The first-order valence-electron chi connectivity index (χ1n) is 10.2. The predicted molar refractivity (Wildman–Crippen MR) is 122 cm³/mol. The second-order valence-electron chi connectivity index (χ2n) is 7.16. The average Bonchev–Trinajstić information content (AvgIpc) is 2.78. The summed E-state index contributed by atoms with van der Waals surface area (Å²) in [6.07, 6.45) is 11.0. The molecule has 3 aromatic rings. The third-order valence-electron chi connectivity index (χ3n) is 4.65. The summed E-state index contributed by atoms with van der Waals surface area (Å²) in [4.78, 5) is 8.94. The summed E-state index contributed by atoms with van der Waals surface area (Å²) in [5, 5.41) is 0. The molecule has 0 saturated carbocycles. The summed E-state index contributed by atoms with van der Waals surface area (Å²) in [5.74, 6) is 1.52. The minimum Gasteiger partial charge on any atom is -0.490 e. The van der Waals surface area contributed by atoms with Crippen LogP contribution in [0.3, 0.4) is 0 Å². The number of nitrogens with zero attached hydrogens (tertiary/aromatic N) is 2. The monoisotopic (exact) mass is 402 g/mol. The van der Waals surface area contributed by atoms with Crippen molar-refractivity contribution in [3.05, 3.63) is 85.2 Å². The third kappa shape index (κ3) is 6.38. The highest BCUT2D eigenvalue weighted by molar-refractivity contribution is 5.68. The van der Waals surface area contributed by atoms with Crippen molar-refractivity contribution in [2.24, 2.45) is 0 Å². The van der Waals surface area contributed by atoms with E-state index < -0.39 is 6.17 Å². The molecule has 0 fully saturated rings. The van der Waals surface area contributed by atoms with Crippen molar-refractivity contribution < 1.29 is 9.13 Å². The molecule has 1 unspecified atom stereocenters. The number of aromatic nitrogens is 2. The van der Waals surface area contributed by atoms with Gasteiger partial charge < -0.3 is 4.74 Å². The minimum absolute atomic E-state index is 0.501. The summed E-state index contributed by atoms with van der Waals surface area (Å²) in [6.45, 7) is 5.75. The minimum atomic E-state index is -0.733. The van der Waals surface area contributed by atoms with E-state index in [1.165, 1.54) is 0 Å². The number of hydrogen-bond acceptors (Lipinski definition) is 3. The summed E-state index contributed by atoms with van der Waals surface area (Å²) in [6, 6.07) is 16.2. The second kappa shape index (κ2) is 11.1. The topological polar surface area (TPSA) is 35.0 Å². The highest BCUT2D eigenvalue weighted by Crippen LogP contribution is 2.25. The van der Waals surface area contributed by atoms with Crippen molar-refractivity contribution in [3.8, 4) is 28.3 Å². The SMILES string of the molecule is C=CCOc1ccc(-c2ccc(-c3ncc(C=CCCCC(C)F)cn3)cc2)cc1. The number of alkyl halides is 1. The summed E-state index contributed by atoms with van der Waals surface area (Å²) in [7, 11) is 0. The number of halogens is 1. The molecule has 1 heterocycles. The van der Waals surface area contributed by atoms with Gasteiger partial charge in [-0.15, -0.1) is 0 Å². The molecule has 1 aromatic heterocycles. The van der Waals surface area contributed by atoms with Crippen LogP contribution in [-0.4, -0.2) is 22.7 Å². The summed E-state index contributed by atoms with van der Waals surface area (Å²) >= 11 is 0. The van der Waals surface area contributed by atoms with E-state index >= 15 is 0 Å². The standard InChI is InChI=1S/C26H27FN2O/c1-3-17-30-25-15-13-23(14-16-25)22-9-11-24(12-10-22)26-28-18-21(19-29-26)8-6-4-5-7-20(2)27/h3,6,8-16,18-20H,1,4-5,7,17H2,2H3. The summed E-state index contributed by atoms with van der Waals surface area (Å²) in [5.41, 5.74) is 4.16. The van der Waals surface area contributed by atoms with E-state index in [9.17, 15) is 4.39 Å². The first kappa shape index (κ1) is 21.4. The van der Waals surface area contributed by atoms with Crippen LogP contribution in [0.2, 0.25) is 0 Å². The van der Waals surface area contributed by atoms with E-state index in [0.717, 1.165) is 40.8 Å². The molecule has 0 aliphatic heterocycles. The molecule has 30 heavy (non-hydrogen) atoms. The van der Waals surface area contributed by atoms with Gasteiger partial charge in [-0.2, -0.15) is 0 Å². The van der Waals surface area contributed by atoms with Crippen LogP contribution in [0, 0.1) is 0 Å². The van der Waals surface area contributed by atoms with Crippen LogP contribution in [-0.2, 0) is 0 Å². The fraction of sp³-hybridized carbons (Fsp3) is 0.231. The lowest BCUT2D eigenvalue weighted by Gasteiger charge is -2.06. The highest BCUT2D eigenvalue weighted by atomic mass is 19.1. The Hall–Kier alpha value is -3.27. The maximum atomic E-state index is 12.8. The fourth-order valence-corrected chi connectivity index (χ4v) is 3.02. The van der Waals surface area contributed by atoms with Gasteiger partial charge in [-0.25, -0.2) is 14.4 Å². The molecule has 3 rings (SSSR count). The molecule has 0 amide bonds. The zero-order chi connectivity index (χ0) is 21.2. The molecule has 0 aliphatic rings. The van der Waals surface area contributed by atoms with E-state index in [2.05, 4.69) is 28.7 Å². The van der Waals surface area contributed by atoms with Crippen LogP contribution in [0.5, 0.6) is 5.75 Å². The predicted octanol–water partition coefficient (Wildman–Crippen LogP) is 6.92. The molecule has 0 aliphatic carbocycles. The van der Waals surface area contributed by atoms with Crippen LogP contribution in [0.25, 0.3) is 28.6 Å². The van der Waals surface area contributed by atoms with Gasteiger partial charge in [0.1, 0.15) is 12.4 Å². The van der Waals surface area contributed by atoms with Crippen LogP contribution < -0.4 is 4.74 Å². The molecule has 0 saturated heterocycles. The fourth-order valence-electron chi connectivity index (χ4n) is 3.02. The van der Waals surface area contributed by atoms with Gasteiger partial charge in [-0.1, -0.05) is 61.2 Å². The Morgan fingerprint density at radius 3 is 2.17 bits per heavy atom. The highest BCUT2D eigenvalue weighted by Gasteiger charge is 2.03. The smallest absolute Gasteiger partial charge is 0.159 e. The number of ether oxygens (including phenoxy) is 1. The lowest BCUT2D eigenvalue weighted by atomic mass is 10.0. The van der Waals surface area contributed by atoms with Crippen molar-refractivity contribution in [2.75, 3.05) is 6.61 Å². The Balaban J connectivity index is 1.60. The summed E-state index contributed by atoms with van der Waals surface area (Å²) < 4.78 is 18.3. The Morgan fingerprint density at radius 2 is 1.57 bits per heavy atom. The molecule has 0 bridgehead atoms. The third-order valence-corrected chi connectivity index (χ3v) is 4.65. The number of allylic oxidation sites excluding steroid dienone is 1. The van der Waals surface area contributed by atoms with Crippen LogP contribution in [0.15, 0.2) is 79.7 Å². The molecule has 3 nitrogen and oxygen atoms in total. The molecule has 154 valence electrons. The maximum Gasteiger partial charge on any atom is 0.159 e. The number of unbranched alkanes of at least 4 members (excludes halogenated alkanes) is 1. The van der Waals surface area contributed by atoms with Gasteiger partial charge >= 0.3 is 0 Å². The Kier molecular flexibility index (Phi) is 7.90. The Labute approximate surface area is 178 Å². The molecular weight excluding hydrogens is 375 g/mol. The van der Waals surface area contributed by atoms with Gasteiger partial charge in [0.25, 0.3) is 0 Å². The van der Waals surface area contributed by atoms with Crippen molar-refractivity contribution in [3.63, 3.8) is 0 Å². The lowest BCUT2D eigenvalue weighted by molar-refractivity contribution is 0.335. The largest absolute Gasteiger partial charge is 0.490 e. The zero-order valence-corrected chi connectivity index (χ0v) is 17.3. The van der Waals surface area contributed by atoms with Gasteiger partial charge in [-0.3, -0.25) is 0 Å².